The van der Waals surface area contributed by atoms with Crippen molar-refractivity contribution < 1.29 is 17.9 Å². The van der Waals surface area contributed by atoms with Gasteiger partial charge in [0.05, 0.1) is 11.9 Å². The number of ether oxygens (including phenoxy) is 1. The van der Waals surface area contributed by atoms with Crippen molar-refractivity contribution in [2.45, 2.75) is 18.1 Å². The van der Waals surface area contributed by atoms with Crippen LogP contribution in [0, 0.1) is 5.92 Å². The van der Waals surface area contributed by atoms with E-state index in [0.717, 1.165) is 0 Å². The predicted octanol–water partition coefficient (Wildman–Crippen LogP) is 0.594. The van der Waals surface area contributed by atoms with Gasteiger partial charge in [0.1, 0.15) is 5.69 Å². The van der Waals surface area contributed by atoms with Gasteiger partial charge in [0.15, 0.2) is 0 Å². The maximum atomic E-state index is 12.7. The molecule has 7 nitrogen and oxygen atoms in total. The van der Waals surface area contributed by atoms with E-state index >= 15 is 0 Å². The topological polar surface area (TPSA) is 79.8 Å². The third kappa shape index (κ3) is 3.31. The van der Waals surface area contributed by atoms with Gasteiger partial charge >= 0.3 is 0 Å². The lowest BCUT2D eigenvalue weighted by atomic mass is 10.0. The van der Waals surface area contributed by atoms with Crippen molar-refractivity contribution in [3.8, 4) is 0 Å². The molecule has 3 heterocycles. The Hall–Kier alpha value is -1.51. The summed E-state index contributed by atoms with van der Waals surface area (Å²) in [6.07, 6.45) is 2.78. The fourth-order valence-corrected chi connectivity index (χ4v) is 5.79. The molecule has 0 aromatic carbocycles. The second kappa shape index (κ2) is 7.16. The molecule has 2 fully saturated rings. The summed E-state index contributed by atoms with van der Waals surface area (Å²) >= 11 is 0. The molecule has 2 atom stereocenters. The zero-order valence-electron chi connectivity index (χ0n) is 13.8. The summed E-state index contributed by atoms with van der Waals surface area (Å²) in [7, 11) is -1.73. The van der Waals surface area contributed by atoms with Crippen molar-refractivity contribution in [1.82, 2.24) is 14.2 Å². The molecule has 0 saturated carbocycles. The number of carbonyl (C=O) groups is 1. The lowest BCUT2D eigenvalue weighted by molar-refractivity contribution is 0.0753. The minimum Gasteiger partial charge on any atom is -0.383 e. The Labute approximate surface area is 142 Å². The Morgan fingerprint density at radius 3 is 2.83 bits per heavy atom. The molecule has 132 valence electrons. The van der Waals surface area contributed by atoms with E-state index in [2.05, 4.69) is 4.98 Å². The molecule has 24 heavy (non-hydrogen) atoms. The zero-order chi connectivity index (χ0) is 17.2. The van der Waals surface area contributed by atoms with Crippen LogP contribution in [0.2, 0.25) is 0 Å². The first-order valence-electron chi connectivity index (χ1n) is 8.22. The number of aromatic nitrogens is 1. The van der Waals surface area contributed by atoms with Crippen molar-refractivity contribution in [3.63, 3.8) is 0 Å². The standard InChI is InChI=1S/C16H23N3O4S/c1-23-11-10-19-12-13-5-8-18(9-6-15(13)24(19,21)22)16(20)14-4-2-3-7-17-14/h2-4,7,13,15H,5-6,8-12H2,1H3/t13-,15-/m0/s1. The average molecular weight is 353 g/mol. The Kier molecular flexibility index (Phi) is 5.17. The molecule has 0 bridgehead atoms. The fourth-order valence-electron chi connectivity index (χ4n) is 3.56. The summed E-state index contributed by atoms with van der Waals surface area (Å²) < 4.78 is 31.9. The second-order valence-electron chi connectivity index (χ2n) is 6.28. The Balaban J connectivity index is 1.69. The number of hydrogen-bond acceptors (Lipinski definition) is 5. The van der Waals surface area contributed by atoms with E-state index in [1.54, 1.807) is 40.7 Å². The monoisotopic (exact) mass is 353 g/mol. The van der Waals surface area contributed by atoms with Gasteiger partial charge in [-0.05, 0) is 30.9 Å². The van der Waals surface area contributed by atoms with Gasteiger partial charge < -0.3 is 9.64 Å². The van der Waals surface area contributed by atoms with Gasteiger partial charge in [-0.25, -0.2) is 8.42 Å². The van der Waals surface area contributed by atoms with E-state index in [0.29, 0.717) is 51.3 Å². The van der Waals surface area contributed by atoms with Crippen molar-refractivity contribution in [3.05, 3.63) is 30.1 Å². The lowest BCUT2D eigenvalue weighted by Crippen LogP contribution is -2.36. The first-order chi connectivity index (χ1) is 11.5. The van der Waals surface area contributed by atoms with E-state index in [1.165, 1.54) is 0 Å². The molecule has 1 amide bonds. The molecule has 0 radical (unpaired) electrons. The van der Waals surface area contributed by atoms with Gasteiger partial charge in [0, 0.05) is 39.5 Å². The minimum absolute atomic E-state index is 0.0772. The molecular weight excluding hydrogens is 330 g/mol. The van der Waals surface area contributed by atoms with Crippen LogP contribution < -0.4 is 0 Å². The zero-order valence-corrected chi connectivity index (χ0v) is 14.6. The maximum absolute atomic E-state index is 12.7. The minimum atomic E-state index is -3.30. The molecule has 2 saturated heterocycles. The number of amides is 1. The van der Waals surface area contributed by atoms with Gasteiger partial charge in [0.2, 0.25) is 10.0 Å². The SMILES string of the molecule is COCCN1C[C@@H]2CCN(C(=O)c3ccccn3)CC[C@@H]2S1(=O)=O. The smallest absolute Gasteiger partial charge is 0.272 e. The number of nitrogens with zero attached hydrogens (tertiary/aromatic N) is 3. The quantitative estimate of drug-likeness (QED) is 0.792. The molecule has 8 heteroatoms. The van der Waals surface area contributed by atoms with Crippen LogP contribution in [0.25, 0.3) is 0 Å². The molecule has 1 aromatic heterocycles. The van der Waals surface area contributed by atoms with Crippen molar-refractivity contribution in [1.29, 1.82) is 0 Å². The lowest BCUT2D eigenvalue weighted by Gasteiger charge is -2.21. The second-order valence-corrected chi connectivity index (χ2v) is 8.43. The van der Waals surface area contributed by atoms with Crippen LogP contribution in [0.3, 0.4) is 0 Å². The highest BCUT2D eigenvalue weighted by Gasteiger charge is 2.46. The van der Waals surface area contributed by atoms with Crippen LogP contribution in [0.1, 0.15) is 23.3 Å². The van der Waals surface area contributed by atoms with Crippen LogP contribution in [0.5, 0.6) is 0 Å². The summed E-state index contributed by atoms with van der Waals surface area (Å²) in [6.45, 7) is 2.37. The molecule has 3 rings (SSSR count). The van der Waals surface area contributed by atoms with Gasteiger partial charge in [-0.2, -0.15) is 4.31 Å². The van der Waals surface area contributed by atoms with Crippen LogP contribution in [0.4, 0.5) is 0 Å². The fraction of sp³-hybridized carbons (Fsp3) is 0.625. The van der Waals surface area contributed by atoms with E-state index < -0.39 is 15.3 Å². The number of hydrogen-bond donors (Lipinski definition) is 0. The molecular formula is C16H23N3O4S. The average Bonchev–Trinajstić information content (AvgIpc) is 2.74. The van der Waals surface area contributed by atoms with Crippen LogP contribution in [-0.2, 0) is 14.8 Å². The number of likely N-dealkylation sites (tertiary alicyclic amines) is 1. The molecule has 2 aliphatic heterocycles. The molecule has 0 N–H and O–H groups in total. The highest BCUT2D eigenvalue weighted by atomic mass is 32.2. The number of sulfonamides is 1. The van der Waals surface area contributed by atoms with Crippen molar-refractivity contribution in [2.24, 2.45) is 5.92 Å². The van der Waals surface area contributed by atoms with Crippen LogP contribution in [0.15, 0.2) is 24.4 Å². The van der Waals surface area contributed by atoms with E-state index in [4.69, 9.17) is 4.74 Å². The number of rotatable bonds is 4. The highest BCUT2D eigenvalue weighted by molar-refractivity contribution is 7.90. The maximum Gasteiger partial charge on any atom is 0.272 e. The molecule has 0 aliphatic carbocycles. The van der Waals surface area contributed by atoms with Gasteiger partial charge in [-0.1, -0.05) is 6.07 Å². The molecule has 2 aliphatic rings. The molecule has 1 aromatic rings. The first-order valence-corrected chi connectivity index (χ1v) is 9.72. The van der Waals surface area contributed by atoms with Gasteiger partial charge in [-0.15, -0.1) is 0 Å². The van der Waals surface area contributed by atoms with Gasteiger partial charge in [-0.3, -0.25) is 9.78 Å². The summed E-state index contributed by atoms with van der Waals surface area (Å²) in [6, 6.07) is 5.24. The van der Waals surface area contributed by atoms with Crippen molar-refractivity contribution >= 4 is 15.9 Å². The molecule has 0 unspecified atom stereocenters. The van der Waals surface area contributed by atoms with Crippen LogP contribution >= 0.6 is 0 Å². The third-order valence-electron chi connectivity index (χ3n) is 4.88. The van der Waals surface area contributed by atoms with Crippen LogP contribution in [-0.4, -0.2) is 73.7 Å². The Morgan fingerprint density at radius 1 is 1.33 bits per heavy atom. The Bertz CT molecular complexity index is 680. The number of pyridine rings is 1. The summed E-state index contributed by atoms with van der Waals surface area (Å²) in [5.41, 5.74) is 0.411. The third-order valence-corrected chi connectivity index (χ3v) is 7.31. The number of fused-ring (bicyclic) bond motifs is 1. The number of carbonyl (C=O) groups excluding carboxylic acids is 1. The molecule has 0 spiro atoms. The van der Waals surface area contributed by atoms with Crippen molar-refractivity contribution in [2.75, 3.05) is 39.9 Å². The van der Waals surface area contributed by atoms with E-state index in [1.807, 2.05) is 0 Å². The van der Waals surface area contributed by atoms with E-state index in [9.17, 15) is 13.2 Å². The summed E-state index contributed by atoms with van der Waals surface area (Å²) in [5, 5.41) is -0.393. The highest BCUT2D eigenvalue weighted by Crippen LogP contribution is 2.34. The summed E-state index contributed by atoms with van der Waals surface area (Å²) in [5.74, 6) is -0.0439. The largest absolute Gasteiger partial charge is 0.383 e. The number of methoxy groups -OCH3 is 1. The first kappa shape index (κ1) is 17.3. The van der Waals surface area contributed by atoms with E-state index in [-0.39, 0.29) is 11.8 Å². The normalized spacial score (nSPS) is 26.8. The van der Waals surface area contributed by atoms with Gasteiger partial charge in [0.25, 0.3) is 5.91 Å². The predicted molar refractivity (Wildman–Crippen MR) is 89.0 cm³/mol. The Morgan fingerprint density at radius 2 is 2.12 bits per heavy atom. The summed E-state index contributed by atoms with van der Waals surface area (Å²) in [4.78, 5) is 18.4.